The van der Waals surface area contributed by atoms with E-state index in [-0.39, 0.29) is 5.56 Å². The van der Waals surface area contributed by atoms with E-state index >= 15 is 0 Å². The van der Waals surface area contributed by atoms with E-state index in [0.717, 1.165) is 39.8 Å². The third-order valence-electron chi connectivity index (χ3n) is 5.48. The van der Waals surface area contributed by atoms with Gasteiger partial charge in [0.2, 0.25) is 0 Å². The van der Waals surface area contributed by atoms with Crippen LogP contribution in [0.2, 0.25) is 0 Å². The van der Waals surface area contributed by atoms with Crippen LogP contribution in [0.1, 0.15) is 27.0 Å². The summed E-state index contributed by atoms with van der Waals surface area (Å²) in [5.74, 6) is -0.137. The number of nitrogens with zero attached hydrogens (tertiary/aromatic N) is 1. The van der Waals surface area contributed by atoms with Gasteiger partial charge >= 0.3 is 5.97 Å². The van der Waals surface area contributed by atoms with Crippen molar-refractivity contribution in [1.82, 2.24) is 4.57 Å². The molecule has 3 aromatic carbocycles. The molecule has 0 saturated carbocycles. The quantitative estimate of drug-likeness (QED) is 0.333. The van der Waals surface area contributed by atoms with E-state index in [9.17, 15) is 9.90 Å². The summed E-state index contributed by atoms with van der Waals surface area (Å²) >= 11 is 0. The molecule has 0 spiro atoms. The number of hydrogen-bond donors (Lipinski definition) is 2. The topological polar surface area (TPSA) is 86.7 Å². The smallest absolute Gasteiger partial charge is 0.335 e. The van der Waals surface area contributed by atoms with E-state index < -0.39 is 5.97 Å². The second-order valence-corrected chi connectivity index (χ2v) is 7.89. The van der Waals surface area contributed by atoms with Gasteiger partial charge in [-0.3, -0.25) is 0 Å². The number of carbonyl (C=O) groups is 1. The fourth-order valence-corrected chi connectivity index (χ4v) is 3.91. The molecule has 170 valence electrons. The van der Waals surface area contributed by atoms with E-state index in [1.807, 2.05) is 54.6 Å². The first-order chi connectivity index (χ1) is 16.1. The highest BCUT2D eigenvalue weighted by molar-refractivity contribution is 5.88. The first-order valence-corrected chi connectivity index (χ1v) is 11.0. The van der Waals surface area contributed by atoms with Crippen molar-refractivity contribution in [3.8, 4) is 5.75 Å². The molecule has 0 bridgehead atoms. The number of aromatic carboxylic acids is 1. The largest absolute Gasteiger partial charge is 0.491 e. The number of aromatic nitrogens is 1. The van der Waals surface area contributed by atoms with Crippen LogP contribution in [-0.2, 0) is 24.3 Å². The molecular weight excluding hydrogens is 416 g/mol. The Bertz CT molecular complexity index is 1220. The van der Waals surface area contributed by atoms with Crippen molar-refractivity contribution in [1.29, 1.82) is 0 Å². The fourth-order valence-electron chi connectivity index (χ4n) is 3.91. The fraction of sp³-hybridized carbons (Fsp3) is 0.222. The molecule has 4 rings (SSSR count). The Labute approximate surface area is 193 Å². The third kappa shape index (κ3) is 5.80. The van der Waals surface area contributed by atoms with Crippen LogP contribution in [0.5, 0.6) is 5.75 Å². The summed E-state index contributed by atoms with van der Waals surface area (Å²) in [6, 6.07) is 23.1. The number of carboxylic acid groups (broad SMARTS) is 1. The minimum Gasteiger partial charge on any atom is -0.491 e. The zero-order valence-electron chi connectivity index (χ0n) is 18.4. The number of benzene rings is 3. The van der Waals surface area contributed by atoms with Crippen molar-refractivity contribution in [2.24, 2.45) is 5.73 Å². The normalized spacial score (nSPS) is 11.1. The highest BCUT2D eigenvalue weighted by Crippen LogP contribution is 2.27. The minimum absolute atomic E-state index is 0.288. The van der Waals surface area contributed by atoms with E-state index in [2.05, 4.69) is 10.8 Å². The van der Waals surface area contributed by atoms with Gasteiger partial charge < -0.3 is 24.9 Å². The van der Waals surface area contributed by atoms with Crippen LogP contribution in [0.4, 0.5) is 0 Å². The van der Waals surface area contributed by atoms with Crippen molar-refractivity contribution in [2.75, 3.05) is 19.8 Å². The summed E-state index contributed by atoms with van der Waals surface area (Å²) in [5.41, 5.74) is 10.4. The van der Waals surface area contributed by atoms with Gasteiger partial charge in [0.1, 0.15) is 12.4 Å². The zero-order chi connectivity index (χ0) is 23.0. The van der Waals surface area contributed by atoms with Crippen LogP contribution in [0, 0.1) is 0 Å². The van der Waals surface area contributed by atoms with Crippen LogP contribution in [0.3, 0.4) is 0 Å². The minimum atomic E-state index is -0.924. The van der Waals surface area contributed by atoms with Crippen LogP contribution in [0.15, 0.2) is 79.0 Å². The molecule has 0 aliphatic rings. The van der Waals surface area contributed by atoms with Crippen molar-refractivity contribution in [2.45, 2.75) is 19.6 Å². The zero-order valence-corrected chi connectivity index (χ0v) is 18.4. The number of hydrogen-bond acceptors (Lipinski definition) is 4. The molecule has 6 heteroatoms. The molecule has 0 aliphatic heterocycles. The van der Waals surface area contributed by atoms with Crippen LogP contribution < -0.4 is 10.5 Å². The Morgan fingerprint density at radius 1 is 0.939 bits per heavy atom. The van der Waals surface area contributed by atoms with E-state index in [1.54, 1.807) is 18.2 Å². The maximum Gasteiger partial charge on any atom is 0.335 e. The van der Waals surface area contributed by atoms with Gasteiger partial charge in [-0.05, 0) is 60.0 Å². The summed E-state index contributed by atoms with van der Waals surface area (Å²) in [7, 11) is 0. The van der Waals surface area contributed by atoms with Crippen LogP contribution in [-0.4, -0.2) is 35.4 Å². The highest BCUT2D eigenvalue weighted by atomic mass is 16.5. The Kier molecular flexibility index (Phi) is 7.40. The third-order valence-corrected chi connectivity index (χ3v) is 5.48. The van der Waals surface area contributed by atoms with Crippen LogP contribution in [0.25, 0.3) is 10.9 Å². The maximum atomic E-state index is 11.3. The molecule has 6 nitrogen and oxygen atoms in total. The maximum absolute atomic E-state index is 11.3. The van der Waals surface area contributed by atoms with Gasteiger partial charge in [-0.1, -0.05) is 42.5 Å². The number of carboxylic acids is 1. The van der Waals surface area contributed by atoms with E-state index in [4.69, 9.17) is 15.2 Å². The van der Waals surface area contributed by atoms with Gasteiger partial charge in [-0.25, -0.2) is 4.79 Å². The predicted molar refractivity (Wildman–Crippen MR) is 129 cm³/mol. The molecule has 1 aromatic heterocycles. The van der Waals surface area contributed by atoms with Crippen molar-refractivity contribution >= 4 is 16.9 Å². The average molecular weight is 445 g/mol. The lowest BCUT2D eigenvalue weighted by Crippen LogP contribution is -2.06. The molecule has 3 N–H and O–H groups in total. The Balaban J connectivity index is 1.44. The average Bonchev–Trinajstić information content (AvgIpc) is 3.16. The number of nitrogens with two attached hydrogens (primary N) is 1. The summed E-state index contributed by atoms with van der Waals surface area (Å²) in [6.45, 7) is 2.66. The predicted octanol–water partition coefficient (Wildman–Crippen LogP) is 4.48. The molecule has 1 heterocycles. The monoisotopic (exact) mass is 444 g/mol. The van der Waals surface area contributed by atoms with Gasteiger partial charge in [-0.15, -0.1) is 0 Å². The highest BCUT2D eigenvalue weighted by Gasteiger charge is 2.11. The molecule has 0 saturated heterocycles. The molecule has 4 aromatic rings. The molecule has 0 amide bonds. The Morgan fingerprint density at radius 3 is 2.55 bits per heavy atom. The molecule has 0 fully saturated rings. The van der Waals surface area contributed by atoms with Gasteiger partial charge in [0, 0.05) is 23.6 Å². The number of fused-ring (bicyclic) bond motifs is 1. The van der Waals surface area contributed by atoms with Gasteiger partial charge in [0.25, 0.3) is 0 Å². The summed E-state index contributed by atoms with van der Waals surface area (Å²) in [6.07, 6.45) is 2.85. The molecular formula is C27H28N2O4. The molecule has 33 heavy (non-hydrogen) atoms. The molecule has 0 unspecified atom stereocenters. The second kappa shape index (κ2) is 10.8. The SMILES string of the molecule is NCCc1cn(Cc2cccc(C(=O)O)c2)c2ccc(OCCOCc3ccccc3)cc12. The van der Waals surface area contributed by atoms with Gasteiger partial charge in [-0.2, -0.15) is 0 Å². The number of ether oxygens (including phenoxy) is 2. The Morgan fingerprint density at radius 2 is 1.76 bits per heavy atom. The molecule has 0 radical (unpaired) electrons. The lowest BCUT2D eigenvalue weighted by molar-refractivity contribution is 0.0696. The summed E-state index contributed by atoms with van der Waals surface area (Å²) < 4.78 is 13.8. The lowest BCUT2D eigenvalue weighted by atomic mass is 10.1. The first kappa shape index (κ1) is 22.6. The Hall–Kier alpha value is -3.61. The van der Waals surface area contributed by atoms with Crippen LogP contribution >= 0.6 is 0 Å². The standard InChI is InChI=1S/C27H28N2O4/c28-12-11-23-18-29(17-21-7-4-8-22(15-21)27(30)31)26-10-9-24(16-25(23)26)33-14-13-32-19-20-5-2-1-3-6-20/h1-10,15-16,18H,11-14,17,19,28H2,(H,30,31). The number of rotatable bonds is 11. The van der Waals surface area contributed by atoms with E-state index in [1.165, 1.54) is 0 Å². The summed E-state index contributed by atoms with van der Waals surface area (Å²) in [4.78, 5) is 11.3. The summed E-state index contributed by atoms with van der Waals surface area (Å²) in [5, 5.41) is 10.4. The lowest BCUT2D eigenvalue weighted by Gasteiger charge is -2.09. The first-order valence-electron chi connectivity index (χ1n) is 11.0. The van der Waals surface area contributed by atoms with Gasteiger partial charge in [0.05, 0.1) is 18.8 Å². The molecule has 0 atom stereocenters. The van der Waals surface area contributed by atoms with Gasteiger partial charge in [0.15, 0.2) is 0 Å². The van der Waals surface area contributed by atoms with E-state index in [0.29, 0.717) is 32.9 Å². The second-order valence-electron chi connectivity index (χ2n) is 7.89. The van der Waals surface area contributed by atoms with Crippen molar-refractivity contribution in [3.63, 3.8) is 0 Å². The van der Waals surface area contributed by atoms with Crippen molar-refractivity contribution < 1.29 is 19.4 Å². The van der Waals surface area contributed by atoms with Crippen molar-refractivity contribution in [3.05, 3.63) is 101 Å². The molecule has 0 aliphatic carbocycles.